The molecule has 1 heterocycles. The van der Waals surface area contributed by atoms with Gasteiger partial charge in [-0.2, -0.15) is 0 Å². The maximum Gasteiger partial charge on any atom is 0.219 e. The first-order chi connectivity index (χ1) is 8.56. The standard InChI is InChI=1S/C15H18N2O/c1-10-4-5-11(2)14(8-10)18-15-7-6-13(9-17-15)12(3)16/h4-9,12H,16H2,1-3H3/t12-/m1/s1. The van der Waals surface area contributed by atoms with Gasteiger partial charge < -0.3 is 10.5 Å². The van der Waals surface area contributed by atoms with Crippen LogP contribution in [0.4, 0.5) is 0 Å². The summed E-state index contributed by atoms with van der Waals surface area (Å²) in [6, 6.07) is 9.90. The molecule has 3 heteroatoms. The minimum atomic E-state index is -0.00717. The number of aryl methyl sites for hydroxylation is 2. The monoisotopic (exact) mass is 242 g/mol. The van der Waals surface area contributed by atoms with Crippen LogP contribution >= 0.6 is 0 Å². The van der Waals surface area contributed by atoms with Crippen LogP contribution in [0.1, 0.15) is 29.7 Å². The highest BCUT2D eigenvalue weighted by Crippen LogP contribution is 2.25. The summed E-state index contributed by atoms with van der Waals surface area (Å²) in [6.07, 6.45) is 1.76. The zero-order valence-corrected chi connectivity index (χ0v) is 11.0. The highest BCUT2D eigenvalue weighted by Gasteiger charge is 2.04. The SMILES string of the molecule is Cc1ccc(C)c(Oc2ccc([C@@H](C)N)cn2)c1. The number of nitrogens with zero attached hydrogens (tertiary/aromatic N) is 1. The van der Waals surface area contributed by atoms with Gasteiger partial charge in [-0.25, -0.2) is 4.98 Å². The molecular weight excluding hydrogens is 224 g/mol. The topological polar surface area (TPSA) is 48.1 Å². The molecule has 18 heavy (non-hydrogen) atoms. The number of nitrogens with two attached hydrogens (primary N) is 1. The molecule has 0 spiro atoms. The van der Waals surface area contributed by atoms with Crippen molar-refractivity contribution in [2.45, 2.75) is 26.8 Å². The van der Waals surface area contributed by atoms with Crippen molar-refractivity contribution >= 4 is 0 Å². The number of ether oxygens (including phenoxy) is 1. The lowest BCUT2D eigenvalue weighted by molar-refractivity contribution is 0.458. The number of aromatic nitrogens is 1. The molecule has 94 valence electrons. The van der Waals surface area contributed by atoms with Crippen molar-refractivity contribution in [1.29, 1.82) is 0 Å². The van der Waals surface area contributed by atoms with Crippen LogP contribution in [-0.2, 0) is 0 Å². The van der Waals surface area contributed by atoms with Crippen molar-refractivity contribution in [2.24, 2.45) is 5.73 Å². The summed E-state index contributed by atoms with van der Waals surface area (Å²) in [6.45, 7) is 5.99. The molecule has 0 bridgehead atoms. The van der Waals surface area contributed by atoms with Gasteiger partial charge in [0.1, 0.15) is 5.75 Å². The molecule has 3 nitrogen and oxygen atoms in total. The lowest BCUT2D eigenvalue weighted by atomic mass is 10.1. The van der Waals surface area contributed by atoms with Gasteiger partial charge in [-0.3, -0.25) is 0 Å². The van der Waals surface area contributed by atoms with Gasteiger partial charge in [0.2, 0.25) is 5.88 Å². The van der Waals surface area contributed by atoms with Gasteiger partial charge in [0.25, 0.3) is 0 Å². The Kier molecular flexibility index (Phi) is 3.63. The van der Waals surface area contributed by atoms with Crippen LogP contribution in [0.2, 0.25) is 0 Å². The maximum absolute atomic E-state index is 5.78. The largest absolute Gasteiger partial charge is 0.439 e. The second kappa shape index (κ2) is 5.19. The van der Waals surface area contributed by atoms with Crippen LogP contribution in [0.5, 0.6) is 11.6 Å². The Labute approximate surface area is 108 Å². The highest BCUT2D eigenvalue weighted by molar-refractivity contribution is 5.38. The summed E-state index contributed by atoms with van der Waals surface area (Å²) in [5.41, 5.74) is 9.05. The fraction of sp³-hybridized carbons (Fsp3) is 0.267. The van der Waals surface area contributed by atoms with Crippen LogP contribution in [0, 0.1) is 13.8 Å². The Bertz CT molecular complexity index is 533. The lowest BCUT2D eigenvalue weighted by Gasteiger charge is -2.10. The summed E-state index contributed by atoms with van der Waals surface area (Å²) in [4.78, 5) is 4.26. The number of rotatable bonds is 3. The number of hydrogen-bond acceptors (Lipinski definition) is 3. The van der Waals surface area contributed by atoms with Gasteiger partial charge >= 0.3 is 0 Å². The average Bonchev–Trinajstić information content (AvgIpc) is 2.34. The molecule has 2 N–H and O–H groups in total. The Morgan fingerprint density at radius 2 is 1.94 bits per heavy atom. The van der Waals surface area contributed by atoms with Crippen LogP contribution < -0.4 is 10.5 Å². The van der Waals surface area contributed by atoms with Gasteiger partial charge in [0.05, 0.1) is 0 Å². The van der Waals surface area contributed by atoms with Gasteiger partial charge in [0.15, 0.2) is 0 Å². The van der Waals surface area contributed by atoms with Crippen molar-refractivity contribution in [3.05, 3.63) is 53.2 Å². The van der Waals surface area contributed by atoms with Crippen LogP contribution in [0.3, 0.4) is 0 Å². The van der Waals surface area contributed by atoms with Crippen molar-refractivity contribution in [3.8, 4) is 11.6 Å². The van der Waals surface area contributed by atoms with Crippen LogP contribution in [0.15, 0.2) is 36.5 Å². The fourth-order valence-corrected chi connectivity index (χ4v) is 1.65. The predicted octanol–water partition coefficient (Wildman–Crippen LogP) is 3.51. The molecule has 0 aliphatic heterocycles. The minimum Gasteiger partial charge on any atom is -0.439 e. The normalized spacial score (nSPS) is 12.2. The summed E-state index contributed by atoms with van der Waals surface area (Å²) >= 11 is 0. The van der Waals surface area contributed by atoms with Gasteiger partial charge in [-0.1, -0.05) is 18.2 Å². The number of hydrogen-bond donors (Lipinski definition) is 1. The molecule has 1 atom stereocenters. The van der Waals surface area contributed by atoms with E-state index in [2.05, 4.69) is 11.1 Å². The third-order valence-electron chi connectivity index (χ3n) is 2.84. The summed E-state index contributed by atoms with van der Waals surface area (Å²) < 4.78 is 5.77. The number of pyridine rings is 1. The van der Waals surface area contributed by atoms with Gasteiger partial charge in [-0.05, 0) is 43.5 Å². The smallest absolute Gasteiger partial charge is 0.219 e. The molecule has 1 aromatic carbocycles. The Hall–Kier alpha value is -1.87. The quantitative estimate of drug-likeness (QED) is 0.896. The molecule has 2 rings (SSSR count). The minimum absolute atomic E-state index is 0.00717. The maximum atomic E-state index is 5.78. The van der Waals surface area contributed by atoms with E-state index in [0.29, 0.717) is 5.88 Å². The first-order valence-corrected chi connectivity index (χ1v) is 6.03. The molecule has 0 fully saturated rings. The zero-order valence-electron chi connectivity index (χ0n) is 11.0. The summed E-state index contributed by atoms with van der Waals surface area (Å²) in [5.74, 6) is 1.43. The molecule has 0 aliphatic rings. The van der Waals surface area contributed by atoms with E-state index < -0.39 is 0 Å². The first kappa shape index (κ1) is 12.6. The van der Waals surface area contributed by atoms with E-state index in [1.807, 2.05) is 45.0 Å². The van der Waals surface area contributed by atoms with E-state index in [1.165, 1.54) is 5.56 Å². The Morgan fingerprint density at radius 1 is 1.17 bits per heavy atom. The lowest BCUT2D eigenvalue weighted by Crippen LogP contribution is -2.05. The van der Waals surface area contributed by atoms with Crippen LogP contribution in [0.25, 0.3) is 0 Å². The highest BCUT2D eigenvalue weighted by atomic mass is 16.5. The van der Waals surface area contributed by atoms with E-state index in [9.17, 15) is 0 Å². The second-order valence-corrected chi connectivity index (χ2v) is 4.59. The van der Waals surface area contributed by atoms with Crippen molar-refractivity contribution in [1.82, 2.24) is 4.98 Å². The Morgan fingerprint density at radius 3 is 2.56 bits per heavy atom. The predicted molar refractivity (Wildman–Crippen MR) is 72.8 cm³/mol. The van der Waals surface area contributed by atoms with Crippen molar-refractivity contribution < 1.29 is 4.74 Å². The zero-order chi connectivity index (χ0) is 13.1. The first-order valence-electron chi connectivity index (χ1n) is 6.03. The van der Waals surface area contributed by atoms with Crippen LogP contribution in [-0.4, -0.2) is 4.98 Å². The van der Waals surface area contributed by atoms with Crippen molar-refractivity contribution in [3.63, 3.8) is 0 Å². The van der Waals surface area contributed by atoms with Gasteiger partial charge in [0, 0.05) is 18.3 Å². The fourth-order valence-electron chi connectivity index (χ4n) is 1.65. The molecule has 0 radical (unpaired) electrons. The summed E-state index contributed by atoms with van der Waals surface area (Å²) in [7, 11) is 0. The van der Waals surface area contributed by atoms with Gasteiger partial charge in [-0.15, -0.1) is 0 Å². The molecule has 0 saturated heterocycles. The van der Waals surface area contributed by atoms with E-state index in [1.54, 1.807) is 6.20 Å². The summed E-state index contributed by atoms with van der Waals surface area (Å²) in [5, 5.41) is 0. The molecule has 1 aromatic heterocycles. The second-order valence-electron chi connectivity index (χ2n) is 4.59. The van der Waals surface area contributed by atoms with E-state index >= 15 is 0 Å². The van der Waals surface area contributed by atoms with E-state index in [0.717, 1.165) is 16.9 Å². The molecule has 0 aliphatic carbocycles. The molecule has 0 amide bonds. The molecule has 0 saturated carbocycles. The molecule has 2 aromatic rings. The third-order valence-corrected chi connectivity index (χ3v) is 2.84. The third kappa shape index (κ3) is 2.87. The molecule has 0 unspecified atom stereocenters. The Balaban J connectivity index is 2.21. The van der Waals surface area contributed by atoms with E-state index in [-0.39, 0.29) is 6.04 Å². The molecular formula is C15H18N2O. The number of benzene rings is 1. The van der Waals surface area contributed by atoms with Crippen molar-refractivity contribution in [2.75, 3.05) is 0 Å². The van der Waals surface area contributed by atoms with E-state index in [4.69, 9.17) is 10.5 Å². The average molecular weight is 242 g/mol.